The van der Waals surface area contributed by atoms with Crippen LogP contribution in [0.2, 0.25) is 0 Å². The molecule has 0 bridgehead atoms. The summed E-state index contributed by atoms with van der Waals surface area (Å²) < 4.78 is 5.20. The van der Waals surface area contributed by atoms with Crippen LogP contribution in [-0.2, 0) is 6.54 Å². The zero-order valence-corrected chi connectivity index (χ0v) is 11.4. The minimum absolute atomic E-state index is 0.296. The van der Waals surface area contributed by atoms with Gasteiger partial charge >= 0.3 is 0 Å². The summed E-state index contributed by atoms with van der Waals surface area (Å²) in [5.74, 6) is 0.789. The summed E-state index contributed by atoms with van der Waals surface area (Å²) in [6, 6.07) is 11.8. The van der Waals surface area contributed by atoms with Crippen LogP contribution in [0.1, 0.15) is 5.56 Å². The minimum atomic E-state index is 0.296. The van der Waals surface area contributed by atoms with Gasteiger partial charge in [-0.05, 0) is 29.9 Å². The van der Waals surface area contributed by atoms with Gasteiger partial charge in [-0.2, -0.15) is 0 Å². The molecule has 3 N–H and O–H groups in total. The van der Waals surface area contributed by atoms with Crippen LogP contribution in [0.3, 0.4) is 0 Å². The molecular weight excluding hydrogens is 258 g/mol. The van der Waals surface area contributed by atoms with E-state index in [1.54, 1.807) is 13.3 Å². The average molecular weight is 273 g/mol. The van der Waals surface area contributed by atoms with Gasteiger partial charge in [0, 0.05) is 24.4 Å². The first-order valence-corrected chi connectivity index (χ1v) is 6.22. The second-order valence-corrected chi connectivity index (χ2v) is 4.44. The first-order valence-electron chi connectivity index (χ1n) is 5.81. The van der Waals surface area contributed by atoms with Crippen molar-refractivity contribution in [3.8, 4) is 17.0 Å². The number of ether oxygens (including phenoxy) is 1. The van der Waals surface area contributed by atoms with E-state index in [1.807, 2.05) is 36.4 Å². The summed E-state index contributed by atoms with van der Waals surface area (Å²) in [7, 11) is 1.64. The predicted molar refractivity (Wildman–Crippen MR) is 79.9 cm³/mol. The van der Waals surface area contributed by atoms with Crippen molar-refractivity contribution in [3.05, 3.63) is 48.2 Å². The minimum Gasteiger partial charge on any atom is -0.497 e. The van der Waals surface area contributed by atoms with Gasteiger partial charge in [-0.15, -0.1) is 0 Å². The van der Waals surface area contributed by atoms with Gasteiger partial charge < -0.3 is 15.8 Å². The summed E-state index contributed by atoms with van der Waals surface area (Å²) >= 11 is 4.79. The third-order valence-electron chi connectivity index (χ3n) is 2.66. The maximum Gasteiger partial charge on any atom is 0.163 e. The molecule has 0 amide bonds. The van der Waals surface area contributed by atoms with Crippen molar-refractivity contribution in [1.82, 2.24) is 10.3 Å². The number of nitrogens with one attached hydrogen (secondary N) is 1. The maximum absolute atomic E-state index is 5.42. The molecule has 4 nitrogen and oxygen atoms in total. The first-order chi connectivity index (χ1) is 9.19. The van der Waals surface area contributed by atoms with Crippen LogP contribution in [0.15, 0.2) is 42.6 Å². The summed E-state index contributed by atoms with van der Waals surface area (Å²) in [5, 5.41) is 3.22. The number of benzene rings is 1. The van der Waals surface area contributed by atoms with Crippen LogP contribution < -0.4 is 15.8 Å². The molecule has 19 heavy (non-hydrogen) atoms. The quantitative estimate of drug-likeness (QED) is 0.835. The van der Waals surface area contributed by atoms with Crippen molar-refractivity contribution >= 4 is 17.3 Å². The number of rotatable bonds is 4. The molecule has 0 aliphatic heterocycles. The molecule has 1 heterocycles. The van der Waals surface area contributed by atoms with Gasteiger partial charge in [-0.3, -0.25) is 4.98 Å². The Morgan fingerprint density at radius 3 is 2.95 bits per heavy atom. The van der Waals surface area contributed by atoms with Crippen LogP contribution >= 0.6 is 12.2 Å². The number of thiocarbonyl (C=S) groups is 1. The molecule has 0 atom stereocenters. The van der Waals surface area contributed by atoms with E-state index in [0.717, 1.165) is 22.6 Å². The standard InChI is InChI=1S/C14H15N3OS/c1-18-12-5-6-16-13(8-12)11-4-2-3-10(7-11)9-17-14(15)19/h2-8H,9H2,1H3,(H3,15,17,19). The number of aromatic nitrogens is 1. The number of methoxy groups -OCH3 is 1. The van der Waals surface area contributed by atoms with Gasteiger partial charge in [-0.1, -0.05) is 18.2 Å². The number of hydrogen-bond acceptors (Lipinski definition) is 3. The first kappa shape index (κ1) is 13.3. The Morgan fingerprint density at radius 2 is 2.21 bits per heavy atom. The summed E-state index contributed by atoms with van der Waals surface area (Å²) in [6.45, 7) is 0.604. The largest absolute Gasteiger partial charge is 0.497 e. The van der Waals surface area contributed by atoms with Crippen molar-refractivity contribution < 1.29 is 4.74 Å². The Morgan fingerprint density at radius 1 is 1.37 bits per heavy atom. The van der Waals surface area contributed by atoms with E-state index in [4.69, 9.17) is 22.7 Å². The fraction of sp³-hybridized carbons (Fsp3) is 0.143. The van der Waals surface area contributed by atoms with Crippen LogP contribution in [0, 0.1) is 0 Å². The number of hydrogen-bond donors (Lipinski definition) is 2. The van der Waals surface area contributed by atoms with Gasteiger partial charge in [0.05, 0.1) is 12.8 Å². The SMILES string of the molecule is COc1ccnc(-c2cccc(CNC(N)=S)c2)c1. The second-order valence-electron chi connectivity index (χ2n) is 4.00. The van der Waals surface area contributed by atoms with E-state index in [1.165, 1.54) is 0 Å². The smallest absolute Gasteiger partial charge is 0.163 e. The Balaban J connectivity index is 2.24. The topological polar surface area (TPSA) is 60.2 Å². The Bertz CT molecular complexity index is 586. The zero-order valence-electron chi connectivity index (χ0n) is 10.6. The molecule has 0 unspecified atom stereocenters. The van der Waals surface area contributed by atoms with Crippen molar-refractivity contribution in [2.45, 2.75) is 6.54 Å². The number of pyridine rings is 1. The number of nitrogens with zero attached hydrogens (tertiary/aromatic N) is 1. The lowest BCUT2D eigenvalue weighted by Crippen LogP contribution is -2.28. The molecule has 2 aromatic rings. The zero-order chi connectivity index (χ0) is 13.7. The molecule has 0 aliphatic rings. The Hall–Kier alpha value is -2.14. The molecule has 0 saturated heterocycles. The third kappa shape index (κ3) is 3.66. The van der Waals surface area contributed by atoms with Crippen LogP contribution in [0.4, 0.5) is 0 Å². The van der Waals surface area contributed by atoms with Crippen molar-refractivity contribution in [2.75, 3.05) is 7.11 Å². The molecule has 1 aromatic carbocycles. The summed E-state index contributed by atoms with van der Waals surface area (Å²) in [6.07, 6.45) is 1.73. The average Bonchev–Trinajstić information content (AvgIpc) is 2.45. The fourth-order valence-corrected chi connectivity index (χ4v) is 1.80. The van der Waals surface area contributed by atoms with Gasteiger partial charge in [0.2, 0.25) is 0 Å². The highest BCUT2D eigenvalue weighted by Gasteiger charge is 2.02. The van der Waals surface area contributed by atoms with Gasteiger partial charge in [0.25, 0.3) is 0 Å². The molecule has 0 spiro atoms. The Labute approximate surface area is 117 Å². The molecule has 2 rings (SSSR count). The lowest BCUT2D eigenvalue weighted by molar-refractivity contribution is 0.414. The van der Waals surface area contributed by atoms with Crippen LogP contribution in [-0.4, -0.2) is 17.2 Å². The Kier molecular flexibility index (Phi) is 4.30. The van der Waals surface area contributed by atoms with E-state index < -0.39 is 0 Å². The van der Waals surface area contributed by atoms with Gasteiger partial charge in [-0.25, -0.2) is 0 Å². The highest BCUT2D eigenvalue weighted by Crippen LogP contribution is 2.22. The lowest BCUT2D eigenvalue weighted by Gasteiger charge is -2.07. The van der Waals surface area contributed by atoms with Gasteiger partial charge in [0.1, 0.15) is 5.75 Å². The van der Waals surface area contributed by atoms with E-state index in [-0.39, 0.29) is 0 Å². The van der Waals surface area contributed by atoms with E-state index >= 15 is 0 Å². The molecule has 0 fully saturated rings. The van der Waals surface area contributed by atoms with Crippen molar-refractivity contribution in [1.29, 1.82) is 0 Å². The number of nitrogens with two attached hydrogens (primary N) is 1. The predicted octanol–water partition coefficient (Wildman–Crippen LogP) is 2.09. The normalized spacial score (nSPS) is 9.95. The molecule has 0 radical (unpaired) electrons. The molecule has 0 aliphatic carbocycles. The van der Waals surface area contributed by atoms with Crippen LogP contribution in [0.25, 0.3) is 11.3 Å². The monoisotopic (exact) mass is 273 g/mol. The highest BCUT2D eigenvalue weighted by atomic mass is 32.1. The molecule has 98 valence electrons. The molecule has 0 saturated carbocycles. The van der Waals surface area contributed by atoms with Crippen molar-refractivity contribution in [3.63, 3.8) is 0 Å². The van der Waals surface area contributed by atoms with Gasteiger partial charge in [0.15, 0.2) is 5.11 Å². The lowest BCUT2D eigenvalue weighted by atomic mass is 10.1. The van der Waals surface area contributed by atoms with E-state index in [9.17, 15) is 0 Å². The maximum atomic E-state index is 5.42. The van der Waals surface area contributed by atoms with Crippen molar-refractivity contribution in [2.24, 2.45) is 5.73 Å². The summed E-state index contributed by atoms with van der Waals surface area (Å²) in [4.78, 5) is 4.34. The second kappa shape index (κ2) is 6.15. The van der Waals surface area contributed by atoms with E-state index in [0.29, 0.717) is 11.7 Å². The molecular formula is C14H15N3OS. The highest BCUT2D eigenvalue weighted by molar-refractivity contribution is 7.80. The fourth-order valence-electron chi connectivity index (χ4n) is 1.73. The molecule has 1 aromatic heterocycles. The van der Waals surface area contributed by atoms with Crippen LogP contribution in [0.5, 0.6) is 5.75 Å². The van der Waals surface area contributed by atoms with E-state index in [2.05, 4.69) is 10.3 Å². The third-order valence-corrected chi connectivity index (χ3v) is 2.80. The molecule has 5 heteroatoms. The summed E-state index contributed by atoms with van der Waals surface area (Å²) in [5.41, 5.74) is 8.41.